The number of hydrogen-bond donors (Lipinski definition) is 0. The Balaban J connectivity index is 1.56. The highest BCUT2D eigenvalue weighted by Gasteiger charge is 2.30. The second-order valence-corrected chi connectivity index (χ2v) is 7.35. The van der Waals surface area contributed by atoms with Crippen molar-refractivity contribution in [1.82, 2.24) is 4.90 Å². The smallest absolute Gasteiger partial charge is 0.312 e. The van der Waals surface area contributed by atoms with Crippen LogP contribution in [0.4, 0.5) is 0 Å². The monoisotopic (exact) mass is 350 g/mol. The van der Waals surface area contributed by atoms with Crippen LogP contribution in [0.3, 0.4) is 0 Å². The number of esters is 1. The fourth-order valence-corrected chi connectivity index (χ4v) is 3.48. The van der Waals surface area contributed by atoms with E-state index in [0.29, 0.717) is 12.2 Å². The highest BCUT2D eigenvalue weighted by atomic mass is 16.5. The van der Waals surface area contributed by atoms with E-state index in [0.717, 1.165) is 30.8 Å². The second-order valence-electron chi connectivity index (χ2n) is 7.35. The minimum Gasteiger partial charge on any atom is -0.426 e. The Hall–Kier alpha value is -2.26. The Morgan fingerprint density at radius 3 is 2.27 bits per heavy atom. The molecular weight excluding hydrogens is 322 g/mol. The number of likely N-dealkylation sites (tertiary alicyclic amines) is 1. The van der Waals surface area contributed by atoms with Gasteiger partial charge < -0.3 is 9.64 Å². The molecule has 3 heteroatoms. The molecule has 1 unspecified atom stereocenters. The molecule has 2 aromatic rings. The summed E-state index contributed by atoms with van der Waals surface area (Å²) in [7, 11) is 0. The molecule has 1 aliphatic heterocycles. The molecule has 3 nitrogen and oxygen atoms in total. The van der Waals surface area contributed by atoms with Crippen LogP contribution in [0.25, 0.3) is 0 Å². The highest BCUT2D eigenvalue weighted by Crippen LogP contribution is 2.31. The van der Waals surface area contributed by atoms with Gasteiger partial charge in [-0.05, 0) is 45.0 Å². The molecule has 1 fully saturated rings. The standard InChI is InChI=1S/C23H28NO2/c1-23(2,19-9-5-3-6-10-19)20-11-13-21(14-12-20)26-22(25)15-18-24-16-7-4-8-17-24/h3,5-6,9-14H,1,4,7-8,15-18H2,2H3/q+1. The van der Waals surface area contributed by atoms with Gasteiger partial charge in [-0.2, -0.15) is 0 Å². The third-order valence-electron chi connectivity index (χ3n) is 5.21. The molecule has 0 bridgehead atoms. The molecule has 0 aliphatic carbocycles. The van der Waals surface area contributed by atoms with Crippen LogP contribution >= 0.6 is 0 Å². The summed E-state index contributed by atoms with van der Waals surface area (Å²) in [6.45, 7) is 9.46. The molecule has 1 atom stereocenters. The number of ether oxygens (including phenoxy) is 1. The number of benzene rings is 2. The first-order chi connectivity index (χ1) is 12.6. The summed E-state index contributed by atoms with van der Waals surface area (Å²) in [5.74, 6) is 0.435. The van der Waals surface area contributed by atoms with Crippen molar-refractivity contribution >= 4 is 5.97 Å². The topological polar surface area (TPSA) is 29.5 Å². The molecule has 2 aromatic carbocycles. The van der Waals surface area contributed by atoms with Gasteiger partial charge in [0.25, 0.3) is 0 Å². The van der Waals surface area contributed by atoms with Crippen molar-refractivity contribution in [3.8, 4) is 5.75 Å². The lowest BCUT2D eigenvalue weighted by Gasteiger charge is -2.25. The van der Waals surface area contributed by atoms with Crippen LogP contribution in [0.1, 0.15) is 43.7 Å². The SMILES string of the molecule is [CH2+]C(C)(c1ccccc1)c1ccc(OC(=O)CCN2CCCCC2)cc1. The number of hydrogen-bond acceptors (Lipinski definition) is 3. The van der Waals surface area contributed by atoms with Gasteiger partial charge in [-0.25, -0.2) is 0 Å². The van der Waals surface area contributed by atoms with Crippen LogP contribution in [0.15, 0.2) is 54.6 Å². The van der Waals surface area contributed by atoms with Crippen LogP contribution in [-0.2, 0) is 10.2 Å². The number of rotatable bonds is 6. The molecule has 0 N–H and O–H groups in total. The van der Waals surface area contributed by atoms with Crippen LogP contribution in [-0.4, -0.2) is 30.5 Å². The second kappa shape index (κ2) is 8.41. The summed E-state index contributed by atoms with van der Waals surface area (Å²) in [6.07, 6.45) is 4.23. The lowest BCUT2D eigenvalue weighted by Crippen LogP contribution is -2.32. The number of carbonyl (C=O) groups is 1. The average Bonchev–Trinajstić information content (AvgIpc) is 2.68. The largest absolute Gasteiger partial charge is 0.426 e. The summed E-state index contributed by atoms with van der Waals surface area (Å²) < 4.78 is 5.49. The van der Waals surface area contributed by atoms with E-state index in [1.165, 1.54) is 19.3 Å². The molecule has 1 saturated heterocycles. The Kier molecular flexibility index (Phi) is 6.00. The molecule has 0 radical (unpaired) electrons. The molecule has 0 amide bonds. The fraction of sp³-hybridized carbons (Fsp3) is 0.391. The van der Waals surface area contributed by atoms with Crippen molar-refractivity contribution in [2.75, 3.05) is 19.6 Å². The van der Waals surface area contributed by atoms with Gasteiger partial charge in [0.1, 0.15) is 5.75 Å². The number of carbonyl (C=O) groups excluding carboxylic acids is 1. The summed E-state index contributed by atoms with van der Waals surface area (Å²) in [4.78, 5) is 14.4. The van der Waals surface area contributed by atoms with Crippen LogP contribution < -0.4 is 4.74 Å². The van der Waals surface area contributed by atoms with Gasteiger partial charge in [0.15, 0.2) is 5.41 Å². The molecule has 3 rings (SSSR count). The Morgan fingerprint density at radius 2 is 1.62 bits per heavy atom. The Morgan fingerprint density at radius 1 is 1.00 bits per heavy atom. The average molecular weight is 350 g/mol. The van der Waals surface area contributed by atoms with Gasteiger partial charge in [-0.3, -0.25) is 4.79 Å². The van der Waals surface area contributed by atoms with Crippen LogP contribution in [0, 0.1) is 6.92 Å². The minimum absolute atomic E-state index is 0.163. The quantitative estimate of drug-likeness (QED) is 0.433. The van der Waals surface area contributed by atoms with E-state index in [2.05, 4.69) is 30.9 Å². The molecular formula is C23H28NO2+. The fourth-order valence-electron chi connectivity index (χ4n) is 3.48. The lowest BCUT2D eigenvalue weighted by atomic mass is 9.78. The van der Waals surface area contributed by atoms with E-state index in [4.69, 9.17) is 4.74 Å². The van der Waals surface area contributed by atoms with Crippen molar-refractivity contribution in [3.05, 3.63) is 72.6 Å². The highest BCUT2D eigenvalue weighted by molar-refractivity contribution is 5.72. The normalized spacial score (nSPS) is 17.4. The molecule has 0 spiro atoms. The van der Waals surface area contributed by atoms with Crippen molar-refractivity contribution in [3.63, 3.8) is 0 Å². The number of nitrogens with zero attached hydrogens (tertiary/aromatic N) is 1. The first-order valence-electron chi connectivity index (χ1n) is 9.50. The van der Waals surface area contributed by atoms with Crippen molar-refractivity contribution < 1.29 is 9.53 Å². The van der Waals surface area contributed by atoms with Gasteiger partial charge in [-0.1, -0.05) is 48.9 Å². The molecule has 1 heterocycles. The van der Waals surface area contributed by atoms with Gasteiger partial charge in [0.2, 0.25) is 0 Å². The maximum atomic E-state index is 12.1. The maximum Gasteiger partial charge on any atom is 0.312 e. The van der Waals surface area contributed by atoms with Crippen molar-refractivity contribution in [1.29, 1.82) is 0 Å². The summed E-state index contributed by atoms with van der Waals surface area (Å²) >= 11 is 0. The first kappa shape index (κ1) is 18.5. The summed E-state index contributed by atoms with van der Waals surface area (Å²) in [6, 6.07) is 17.9. The Bertz CT molecular complexity index is 701. The van der Waals surface area contributed by atoms with E-state index in [-0.39, 0.29) is 11.4 Å². The third kappa shape index (κ3) is 4.67. The predicted molar refractivity (Wildman–Crippen MR) is 105 cm³/mol. The molecule has 1 aliphatic rings. The zero-order valence-electron chi connectivity index (χ0n) is 15.6. The van der Waals surface area contributed by atoms with E-state index in [1.54, 1.807) is 0 Å². The van der Waals surface area contributed by atoms with Crippen LogP contribution in [0.5, 0.6) is 5.75 Å². The van der Waals surface area contributed by atoms with Crippen molar-refractivity contribution in [2.24, 2.45) is 0 Å². The predicted octanol–water partition coefficient (Wildman–Crippen LogP) is 4.61. The van der Waals surface area contributed by atoms with Gasteiger partial charge in [-0.15, -0.1) is 0 Å². The molecule has 136 valence electrons. The lowest BCUT2D eigenvalue weighted by molar-refractivity contribution is -0.134. The maximum absolute atomic E-state index is 12.1. The van der Waals surface area contributed by atoms with Gasteiger partial charge in [0.05, 0.1) is 13.3 Å². The first-order valence-corrected chi connectivity index (χ1v) is 9.50. The zero-order chi connectivity index (χ0) is 18.4. The van der Waals surface area contributed by atoms with E-state index in [1.807, 2.05) is 42.5 Å². The Labute approximate surface area is 157 Å². The third-order valence-corrected chi connectivity index (χ3v) is 5.21. The van der Waals surface area contributed by atoms with E-state index < -0.39 is 0 Å². The number of piperidine rings is 1. The van der Waals surface area contributed by atoms with E-state index in [9.17, 15) is 4.79 Å². The van der Waals surface area contributed by atoms with Gasteiger partial charge in [0, 0.05) is 17.7 Å². The summed E-state index contributed by atoms with van der Waals surface area (Å²) in [5, 5.41) is 0. The molecule has 0 aromatic heterocycles. The van der Waals surface area contributed by atoms with Crippen molar-refractivity contribution in [2.45, 2.75) is 38.0 Å². The van der Waals surface area contributed by atoms with Crippen LogP contribution in [0.2, 0.25) is 0 Å². The zero-order valence-corrected chi connectivity index (χ0v) is 15.6. The van der Waals surface area contributed by atoms with Gasteiger partial charge >= 0.3 is 5.97 Å². The minimum atomic E-state index is -0.335. The molecule has 0 saturated carbocycles. The van der Waals surface area contributed by atoms with E-state index >= 15 is 0 Å². The summed E-state index contributed by atoms with van der Waals surface area (Å²) in [5.41, 5.74) is 1.92. The molecule has 26 heavy (non-hydrogen) atoms.